The van der Waals surface area contributed by atoms with Crippen molar-refractivity contribution in [3.63, 3.8) is 0 Å². The van der Waals surface area contributed by atoms with Gasteiger partial charge in [0.25, 0.3) is 17.7 Å². The number of amides is 6. The molecule has 0 saturated carbocycles. The van der Waals surface area contributed by atoms with E-state index >= 15 is 0 Å². The lowest BCUT2D eigenvalue weighted by Crippen LogP contribution is -2.54. The molecule has 6 aliphatic heterocycles. The minimum Gasteiger partial charge on any atom is -0.495 e. The third-order valence-corrected chi connectivity index (χ3v) is 15.6. The molecule has 1 unspecified atom stereocenters. The SMILES string of the molecule is CCc1nc(C(N)=O)c(Nc2ccc(N3CCC(N4CCN(CC5CCN(C(=O)CCOCCOCCNc6cccc7c6C(=O)N(C6CCC(=O)NC6=O)C7=O)CC5)CC4)CC3)c(OC)c2)nc1NC1CCOCC1. The predicted octanol–water partition coefficient (Wildman–Crippen LogP) is 3.24. The van der Waals surface area contributed by atoms with E-state index in [1.165, 1.54) is 0 Å². The Hall–Kier alpha value is -6.46. The number of nitrogens with one attached hydrogen (secondary N) is 4. The summed E-state index contributed by atoms with van der Waals surface area (Å²) < 4.78 is 22.9. The second kappa shape index (κ2) is 25.6. The highest BCUT2D eigenvalue weighted by molar-refractivity contribution is 6.25. The Morgan fingerprint density at radius 2 is 1.58 bits per heavy atom. The number of nitrogens with two attached hydrogens (primary N) is 1. The number of ether oxygens (including phenoxy) is 4. The summed E-state index contributed by atoms with van der Waals surface area (Å²) in [7, 11) is 1.68. The van der Waals surface area contributed by atoms with Gasteiger partial charge in [-0.3, -0.25) is 43.9 Å². The zero-order valence-electron chi connectivity index (χ0n) is 43.9. The van der Waals surface area contributed by atoms with Crippen LogP contribution in [0.15, 0.2) is 36.4 Å². The van der Waals surface area contributed by atoms with Crippen LogP contribution in [0.3, 0.4) is 0 Å². The summed E-state index contributed by atoms with van der Waals surface area (Å²) in [4.78, 5) is 96.1. The number of aryl methyl sites for hydroxylation is 1. The smallest absolute Gasteiger partial charge is 0.271 e. The first-order chi connectivity index (χ1) is 37.0. The number of aromatic nitrogens is 2. The molecule has 9 rings (SSSR count). The van der Waals surface area contributed by atoms with Crippen LogP contribution in [0.2, 0.25) is 0 Å². The number of methoxy groups -OCH3 is 1. The lowest BCUT2D eigenvalue weighted by molar-refractivity contribution is -0.136. The molecule has 5 saturated heterocycles. The van der Waals surface area contributed by atoms with Crippen molar-refractivity contribution in [2.75, 3.05) is 133 Å². The number of anilines is 5. The van der Waals surface area contributed by atoms with Crippen LogP contribution < -0.4 is 36.6 Å². The summed E-state index contributed by atoms with van der Waals surface area (Å²) in [5.41, 5.74) is 9.23. The monoisotopic (exact) mass is 1050 g/mol. The fraction of sp³-hybridized carbons (Fsp3) is 0.593. The fourth-order valence-corrected chi connectivity index (χ4v) is 11.4. The van der Waals surface area contributed by atoms with E-state index in [0.717, 1.165) is 119 Å². The van der Waals surface area contributed by atoms with Gasteiger partial charge in [0.1, 0.15) is 11.8 Å². The number of rotatable bonds is 22. The number of hydrogen-bond acceptors (Lipinski definition) is 18. The van der Waals surface area contributed by atoms with Gasteiger partial charge in [-0.1, -0.05) is 13.0 Å². The molecule has 76 heavy (non-hydrogen) atoms. The third kappa shape index (κ3) is 13.0. The molecule has 3 aromatic rings. The van der Waals surface area contributed by atoms with Gasteiger partial charge in [-0.05, 0) is 81.5 Å². The maximum Gasteiger partial charge on any atom is 0.271 e. The van der Waals surface area contributed by atoms with Crippen LogP contribution in [0.4, 0.5) is 28.7 Å². The van der Waals surface area contributed by atoms with E-state index in [9.17, 15) is 28.8 Å². The first-order valence-electron chi connectivity index (χ1n) is 27.2. The molecule has 0 spiro atoms. The molecule has 410 valence electrons. The molecule has 22 heteroatoms. The van der Waals surface area contributed by atoms with Gasteiger partial charge in [0.05, 0.1) is 62.5 Å². The number of carbonyl (C=O) groups is 6. The van der Waals surface area contributed by atoms with Crippen LogP contribution >= 0.6 is 0 Å². The number of nitrogens with zero attached hydrogens (tertiary/aromatic N) is 7. The molecular formula is C54H74N12O10. The van der Waals surface area contributed by atoms with E-state index in [-0.39, 0.29) is 41.6 Å². The van der Waals surface area contributed by atoms with E-state index in [2.05, 4.69) is 47.0 Å². The number of fused-ring (bicyclic) bond motifs is 1. The van der Waals surface area contributed by atoms with Gasteiger partial charge in [0.15, 0.2) is 17.3 Å². The van der Waals surface area contributed by atoms with Crippen LogP contribution in [0, 0.1) is 5.92 Å². The maximum atomic E-state index is 13.3. The Labute approximate surface area is 444 Å². The van der Waals surface area contributed by atoms with E-state index in [0.29, 0.717) is 94.0 Å². The molecule has 5 fully saturated rings. The normalized spacial score (nSPS) is 20.4. The fourth-order valence-electron chi connectivity index (χ4n) is 11.4. The Balaban J connectivity index is 0.630. The highest BCUT2D eigenvalue weighted by Gasteiger charge is 2.45. The summed E-state index contributed by atoms with van der Waals surface area (Å²) in [5, 5.41) is 12.2. The minimum absolute atomic E-state index is 0.0576. The zero-order valence-corrected chi connectivity index (χ0v) is 43.9. The van der Waals surface area contributed by atoms with Gasteiger partial charge in [-0.2, -0.15) is 0 Å². The van der Waals surface area contributed by atoms with Gasteiger partial charge in [-0.25, -0.2) is 9.97 Å². The Kier molecular flexibility index (Phi) is 18.3. The number of imide groups is 2. The second-order valence-electron chi connectivity index (χ2n) is 20.4. The van der Waals surface area contributed by atoms with Crippen molar-refractivity contribution in [1.29, 1.82) is 0 Å². The first-order valence-corrected chi connectivity index (χ1v) is 27.2. The molecule has 6 amide bonds. The molecule has 1 aromatic heterocycles. The molecule has 6 aliphatic rings. The number of hydrogen-bond donors (Lipinski definition) is 5. The van der Waals surface area contributed by atoms with Crippen molar-refractivity contribution in [3.05, 3.63) is 58.9 Å². The predicted molar refractivity (Wildman–Crippen MR) is 284 cm³/mol. The van der Waals surface area contributed by atoms with Gasteiger partial charge >= 0.3 is 0 Å². The largest absolute Gasteiger partial charge is 0.495 e. The molecular weight excluding hydrogens is 977 g/mol. The van der Waals surface area contributed by atoms with Gasteiger partial charge in [0, 0.05) is 115 Å². The Morgan fingerprint density at radius 1 is 0.829 bits per heavy atom. The van der Waals surface area contributed by atoms with Crippen molar-refractivity contribution in [2.24, 2.45) is 11.7 Å². The number of likely N-dealkylation sites (tertiary alicyclic amines) is 1. The summed E-state index contributed by atoms with van der Waals surface area (Å²) >= 11 is 0. The van der Waals surface area contributed by atoms with Crippen molar-refractivity contribution in [3.8, 4) is 5.75 Å². The van der Waals surface area contributed by atoms with Crippen molar-refractivity contribution in [1.82, 2.24) is 34.9 Å². The molecule has 0 aliphatic carbocycles. The molecule has 6 N–H and O–H groups in total. The Bertz CT molecular complexity index is 2570. The van der Waals surface area contributed by atoms with Crippen LogP contribution in [0.1, 0.15) is 102 Å². The average Bonchev–Trinajstić information content (AvgIpc) is 3.69. The number of piperazine rings is 1. The number of primary amides is 1. The lowest BCUT2D eigenvalue weighted by Gasteiger charge is -2.44. The van der Waals surface area contributed by atoms with E-state index in [1.54, 1.807) is 25.3 Å². The maximum absolute atomic E-state index is 13.3. The minimum atomic E-state index is -1.02. The van der Waals surface area contributed by atoms with Gasteiger partial charge in [-0.15, -0.1) is 0 Å². The highest BCUT2D eigenvalue weighted by Crippen LogP contribution is 2.36. The Morgan fingerprint density at radius 3 is 2.29 bits per heavy atom. The highest BCUT2D eigenvalue weighted by atomic mass is 16.5. The first kappa shape index (κ1) is 54.3. The molecule has 0 bridgehead atoms. The van der Waals surface area contributed by atoms with Crippen LogP contribution in [-0.2, 0) is 35.0 Å². The van der Waals surface area contributed by atoms with Crippen LogP contribution in [0.25, 0.3) is 0 Å². The number of benzene rings is 2. The second-order valence-corrected chi connectivity index (χ2v) is 20.4. The molecule has 2 aromatic carbocycles. The molecule has 0 radical (unpaired) electrons. The number of carbonyl (C=O) groups excluding carboxylic acids is 6. The van der Waals surface area contributed by atoms with Crippen LogP contribution in [0.5, 0.6) is 5.75 Å². The van der Waals surface area contributed by atoms with Crippen molar-refractivity contribution < 1.29 is 47.7 Å². The number of piperidine rings is 3. The van der Waals surface area contributed by atoms with E-state index in [1.807, 2.05) is 24.0 Å². The van der Waals surface area contributed by atoms with Crippen LogP contribution in [-0.4, -0.2) is 195 Å². The lowest BCUT2D eigenvalue weighted by atomic mass is 9.95. The average molecular weight is 1050 g/mol. The molecule has 1 atom stereocenters. The summed E-state index contributed by atoms with van der Waals surface area (Å²) in [5.74, 6) is -0.448. The van der Waals surface area contributed by atoms with Gasteiger partial charge < -0.3 is 55.3 Å². The summed E-state index contributed by atoms with van der Waals surface area (Å²) in [6.07, 6.45) is 6.97. The molecule has 7 heterocycles. The van der Waals surface area contributed by atoms with E-state index < -0.39 is 35.6 Å². The van der Waals surface area contributed by atoms with Crippen molar-refractivity contribution >= 4 is 64.1 Å². The molecule has 22 nitrogen and oxygen atoms in total. The summed E-state index contributed by atoms with van der Waals surface area (Å²) in [6, 6.07) is 10.6. The quantitative estimate of drug-likeness (QED) is 0.0715. The van der Waals surface area contributed by atoms with Gasteiger partial charge in [0.2, 0.25) is 17.7 Å². The zero-order chi connectivity index (χ0) is 53.1. The van der Waals surface area contributed by atoms with E-state index in [4.69, 9.17) is 29.7 Å². The standard InChI is InChI=1S/C54H74N12O10/c1-3-40-50(57-36-15-27-74-28-16-36)61-51(48(59-40)49(55)69)58-37-7-8-42(44(33-37)73-2)64-21-13-38(14-22-64)63-25-23-62(24-26-63)34-35-11-19-65(20-12-35)46(68)17-29-75-31-32-76-30-18-56-41-6-4-5-39-47(41)54(72)66(53(39)71)43-9-10-45(67)60-52(43)70/h4-8,33,35-36,38,43,56H,3,9-32,34H2,1-2H3,(H2,55,69)(H2,57,58,61)(H,60,67,70). The topological polar surface area (TPSA) is 255 Å². The third-order valence-electron chi connectivity index (χ3n) is 15.6. The van der Waals surface area contributed by atoms with Crippen molar-refractivity contribution in [2.45, 2.75) is 89.3 Å². The summed E-state index contributed by atoms with van der Waals surface area (Å²) in [6.45, 7) is 13.7.